The van der Waals surface area contributed by atoms with E-state index in [1.165, 1.54) is 0 Å². The van der Waals surface area contributed by atoms with Crippen molar-refractivity contribution in [2.75, 3.05) is 0 Å². The highest BCUT2D eigenvalue weighted by atomic mass is 16.2. The van der Waals surface area contributed by atoms with Gasteiger partial charge in [0.1, 0.15) is 0 Å². The van der Waals surface area contributed by atoms with Gasteiger partial charge in [0.25, 0.3) is 0 Å². The second kappa shape index (κ2) is 10.6. The minimum absolute atomic E-state index is 0.0447. The molecular weight excluding hydrogens is 464 g/mol. The van der Waals surface area contributed by atoms with Gasteiger partial charge in [0.05, 0.1) is 10.8 Å². The number of Topliss-reactive ketones (excluding diaryl/α,β-unsaturated/α-hetero) is 2. The van der Waals surface area contributed by atoms with Crippen LogP contribution < -0.4 is 0 Å². The van der Waals surface area contributed by atoms with Crippen LogP contribution in [-0.4, -0.2) is 11.6 Å². The van der Waals surface area contributed by atoms with Crippen molar-refractivity contribution in [3.8, 4) is 0 Å². The highest BCUT2D eigenvalue weighted by Gasteiger charge is 2.70. The lowest BCUT2D eigenvalue weighted by Gasteiger charge is -2.53. The normalized spacial score (nSPS) is 20.5. The summed E-state index contributed by atoms with van der Waals surface area (Å²) in [4.78, 5) is 29.3. The fraction of sp³-hybridized carbons (Fsp3) is 0.167. The number of rotatable bonds is 10. The molecule has 0 aromatic heterocycles. The number of hydrogen-bond acceptors (Lipinski definition) is 2. The van der Waals surface area contributed by atoms with Crippen molar-refractivity contribution in [2.24, 2.45) is 10.8 Å². The van der Waals surface area contributed by atoms with Crippen LogP contribution in [0.15, 0.2) is 122 Å². The second-order valence-corrected chi connectivity index (χ2v) is 10.4. The van der Waals surface area contributed by atoms with Crippen LogP contribution in [0.2, 0.25) is 0 Å². The first-order chi connectivity index (χ1) is 18.5. The summed E-state index contributed by atoms with van der Waals surface area (Å²) in [6.45, 7) is 7.68. The van der Waals surface area contributed by atoms with Crippen molar-refractivity contribution in [3.63, 3.8) is 0 Å². The van der Waals surface area contributed by atoms with Gasteiger partial charge in [-0.05, 0) is 59.1 Å². The lowest BCUT2D eigenvalue weighted by molar-refractivity contribution is -0.171. The maximum Gasteiger partial charge on any atom is 0.161 e. The van der Waals surface area contributed by atoms with E-state index in [4.69, 9.17) is 0 Å². The molecular formula is C36H32O2. The molecule has 0 saturated heterocycles. The molecule has 0 spiro atoms. The second-order valence-electron chi connectivity index (χ2n) is 10.4. The quantitative estimate of drug-likeness (QED) is 0.215. The summed E-state index contributed by atoms with van der Waals surface area (Å²) in [5.41, 5.74) is 3.81. The Morgan fingerprint density at radius 3 is 1.03 bits per heavy atom. The summed E-state index contributed by atoms with van der Waals surface area (Å²) in [7, 11) is 0. The molecule has 0 aliphatic heterocycles. The fourth-order valence-corrected chi connectivity index (χ4v) is 5.96. The lowest BCUT2D eigenvalue weighted by atomic mass is 9.44. The lowest BCUT2D eigenvalue weighted by Crippen LogP contribution is -2.70. The molecule has 0 bridgehead atoms. The summed E-state index contributed by atoms with van der Waals surface area (Å²) in [5.74, 6) is 0.0894. The van der Waals surface area contributed by atoms with Gasteiger partial charge in [-0.1, -0.05) is 135 Å². The van der Waals surface area contributed by atoms with E-state index in [1.54, 1.807) is 12.2 Å². The first-order valence-electron chi connectivity index (χ1n) is 13.1. The number of hydrogen-bond donors (Lipinski definition) is 0. The minimum atomic E-state index is -1.09. The molecule has 0 radical (unpaired) electrons. The first kappa shape index (κ1) is 25.4. The van der Waals surface area contributed by atoms with Crippen LogP contribution >= 0.6 is 0 Å². The van der Waals surface area contributed by atoms with Crippen LogP contribution in [0.5, 0.6) is 0 Å². The van der Waals surface area contributed by atoms with Gasteiger partial charge in [0, 0.05) is 0 Å². The molecule has 1 aliphatic carbocycles. The van der Waals surface area contributed by atoms with Crippen LogP contribution in [0.4, 0.5) is 0 Å². The highest BCUT2D eigenvalue weighted by Crippen LogP contribution is 2.54. The third-order valence-corrected chi connectivity index (χ3v) is 7.88. The van der Waals surface area contributed by atoms with E-state index in [9.17, 15) is 9.59 Å². The Kier molecular flexibility index (Phi) is 7.07. The van der Waals surface area contributed by atoms with Gasteiger partial charge in [0.2, 0.25) is 0 Å². The number of ketones is 2. The summed E-state index contributed by atoms with van der Waals surface area (Å²) < 4.78 is 0. The van der Waals surface area contributed by atoms with Gasteiger partial charge in [-0.2, -0.15) is 0 Å². The van der Waals surface area contributed by atoms with Gasteiger partial charge in [-0.15, -0.1) is 0 Å². The monoisotopic (exact) mass is 496 g/mol. The number of carbonyl (C=O) groups is 2. The van der Waals surface area contributed by atoms with E-state index >= 15 is 0 Å². The van der Waals surface area contributed by atoms with Crippen LogP contribution in [-0.2, 0) is 35.3 Å². The summed E-state index contributed by atoms with van der Waals surface area (Å²) in [6.07, 6.45) is 5.19. The fourth-order valence-electron chi connectivity index (χ4n) is 5.96. The molecule has 2 heteroatoms. The number of carbonyl (C=O) groups excluding carboxylic acids is 2. The van der Waals surface area contributed by atoms with Crippen LogP contribution in [0.1, 0.15) is 33.4 Å². The molecule has 0 unspecified atom stereocenters. The van der Waals surface area contributed by atoms with Crippen molar-refractivity contribution < 1.29 is 9.59 Å². The molecule has 1 fully saturated rings. The predicted octanol–water partition coefficient (Wildman–Crippen LogP) is 7.37. The molecule has 0 heterocycles. The first-order valence-corrected chi connectivity index (χ1v) is 13.1. The molecule has 4 aromatic rings. The minimum Gasteiger partial charge on any atom is -0.297 e. The third kappa shape index (κ3) is 4.70. The zero-order chi connectivity index (χ0) is 26.6. The molecule has 2 nitrogen and oxygen atoms in total. The van der Waals surface area contributed by atoms with Crippen LogP contribution in [0, 0.1) is 10.8 Å². The van der Waals surface area contributed by atoms with Crippen molar-refractivity contribution in [3.05, 3.63) is 156 Å². The van der Waals surface area contributed by atoms with E-state index in [0.717, 1.165) is 33.4 Å². The van der Waals surface area contributed by atoms with Gasteiger partial charge < -0.3 is 0 Å². The van der Waals surface area contributed by atoms with E-state index in [2.05, 4.69) is 13.2 Å². The molecule has 38 heavy (non-hydrogen) atoms. The zero-order valence-corrected chi connectivity index (χ0v) is 21.6. The van der Waals surface area contributed by atoms with E-state index < -0.39 is 10.8 Å². The van der Waals surface area contributed by atoms with E-state index in [-0.39, 0.29) is 11.6 Å². The van der Waals surface area contributed by atoms with Gasteiger partial charge in [-0.3, -0.25) is 9.59 Å². The smallest absolute Gasteiger partial charge is 0.161 e. The largest absolute Gasteiger partial charge is 0.297 e. The SMILES string of the molecule is C=Cc1ccc(CC2(Cc3ccccc3)C(=O)C(Cc3ccccc3)(Cc3ccc(C=C)cc3)C2=O)cc1. The average molecular weight is 497 g/mol. The van der Waals surface area contributed by atoms with E-state index in [1.807, 2.05) is 109 Å². The van der Waals surface area contributed by atoms with Gasteiger partial charge in [0.15, 0.2) is 11.6 Å². The average Bonchev–Trinajstić information content (AvgIpc) is 2.97. The van der Waals surface area contributed by atoms with Gasteiger partial charge in [-0.25, -0.2) is 0 Å². The van der Waals surface area contributed by atoms with E-state index in [0.29, 0.717) is 25.7 Å². The predicted molar refractivity (Wildman–Crippen MR) is 156 cm³/mol. The van der Waals surface area contributed by atoms with Crippen molar-refractivity contribution in [2.45, 2.75) is 25.7 Å². The molecule has 0 amide bonds. The Morgan fingerprint density at radius 2 is 0.737 bits per heavy atom. The summed E-state index contributed by atoms with van der Waals surface area (Å²) in [5, 5.41) is 0. The van der Waals surface area contributed by atoms with Crippen LogP contribution in [0.3, 0.4) is 0 Å². The van der Waals surface area contributed by atoms with Crippen molar-refractivity contribution >= 4 is 23.7 Å². The Bertz CT molecular complexity index is 1320. The molecule has 4 aromatic carbocycles. The standard InChI is InChI=1S/C36H32O2/c1-3-27-15-19-31(20-16-27)25-35(23-29-11-7-5-8-12-29)33(37)36(34(35)38,24-30-13-9-6-10-14-30)26-32-21-17-28(4-2)18-22-32/h3-22H,1-2,23-26H2. The molecule has 188 valence electrons. The zero-order valence-electron chi connectivity index (χ0n) is 21.6. The maximum absolute atomic E-state index is 14.6. The molecule has 5 rings (SSSR count). The maximum atomic E-state index is 14.6. The van der Waals surface area contributed by atoms with Crippen molar-refractivity contribution in [1.82, 2.24) is 0 Å². The summed E-state index contributed by atoms with van der Waals surface area (Å²) >= 11 is 0. The van der Waals surface area contributed by atoms with Crippen molar-refractivity contribution in [1.29, 1.82) is 0 Å². The Balaban J connectivity index is 1.56. The van der Waals surface area contributed by atoms with Crippen LogP contribution in [0.25, 0.3) is 12.2 Å². The Hall–Kier alpha value is -4.30. The molecule has 0 atom stereocenters. The molecule has 1 saturated carbocycles. The topological polar surface area (TPSA) is 34.1 Å². The number of benzene rings is 4. The Labute approximate surface area is 225 Å². The molecule has 0 N–H and O–H groups in total. The Morgan fingerprint density at radius 1 is 0.447 bits per heavy atom. The third-order valence-electron chi connectivity index (χ3n) is 7.88. The molecule has 1 aliphatic rings. The summed E-state index contributed by atoms with van der Waals surface area (Å²) in [6, 6.07) is 35.8. The van der Waals surface area contributed by atoms with Gasteiger partial charge >= 0.3 is 0 Å². The highest BCUT2D eigenvalue weighted by molar-refractivity contribution is 6.31.